The molecule has 1 aliphatic rings. The van der Waals surface area contributed by atoms with E-state index in [2.05, 4.69) is 6.58 Å². The fraction of sp³-hybridized carbons (Fsp3) is 0.500. The molecule has 1 atom stereocenters. The molecule has 0 aliphatic carbocycles. The van der Waals surface area contributed by atoms with Gasteiger partial charge in [-0.25, -0.2) is 0 Å². The van der Waals surface area contributed by atoms with Crippen LogP contribution < -0.4 is 5.73 Å². The molecule has 3 heteroatoms. The number of rotatable bonds is 4. The second-order valence-corrected chi connectivity index (χ2v) is 3.11. The molecule has 0 saturated carbocycles. The Bertz CT molecular complexity index is 233. The number of nitrogens with two attached hydrogens (primary N) is 1. The van der Waals surface area contributed by atoms with E-state index in [9.17, 15) is 4.79 Å². The highest BCUT2D eigenvalue weighted by molar-refractivity contribution is 5.99. The van der Waals surface area contributed by atoms with Crippen LogP contribution >= 0.6 is 0 Å². The summed E-state index contributed by atoms with van der Waals surface area (Å²) in [5.74, 6) is -0.0143. The summed E-state index contributed by atoms with van der Waals surface area (Å²) in [5.41, 5.74) is 6.35. The van der Waals surface area contributed by atoms with Gasteiger partial charge in [-0.2, -0.15) is 0 Å². The van der Waals surface area contributed by atoms with Crippen LogP contribution in [-0.4, -0.2) is 18.4 Å². The predicted octanol–water partition coefficient (Wildman–Crippen LogP) is 1.15. The van der Waals surface area contributed by atoms with Crippen LogP contribution in [0, 0.1) is 0 Å². The molecular weight excluding hydrogens is 166 g/mol. The molecule has 1 unspecified atom stereocenters. The van der Waals surface area contributed by atoms with Gasteiger partial charge in [0.2, 0.25) is 0 Å². The highest BCUT2D eigenvalue weighted by Crippen LogP contribution is 2.14. The number of hydrogen-bond donors (Lipinski definition) is 1. The minimum atomic E-state index is -0.453. The first kappa shape index (κ1) is 9.99. The summed E-state index contributed by atoms with van der Waals surface area (Å²) in [4.78, 5) is 11.6. The second kappa shape index (κ2) is 4.82. The van der Waals surface area contributed by atoms with E-state index in [-0.39, 0.29) is 5.78 Å². The molecule has 0 aromatic rings. The van der Waals surface area contributed by atoms with Crippen molar-refractivity contribution in [1.82, 2.24) is 0 Å². The van der Waals surface area contributed by atoms with Crippen molar-refractivity contribution < 1.29 is 9.53 Å². The zero-order chi connectivity index (χ0) is 9.68. The second-order valence-electron chi connectivity index (χ2n) is 3.11. The largest absolute Gasteiger partial charge is 0.501 e. The number of carbonyl (C=O) groups excluding carboxylic acids is 1. The molecule has 13 heavy (non-hydrogen) atoms. The molecule has 1 heterocycles. The molecule has 0 aromatic heterocycles. The Morgan fingerprint density at radius 1 is 1.85 bits per heavy atom. The van der Waals surface area contributed by atoms with Crippen molar-refractivity contribution in [2.75, 3.05) is 6.61 Å². The quantitative estimate of drug-likeness (QED) is 0.662. The van der Waals surface area contributed by atoms with Crippen molar-refractivity contribution in [3.05, 3.63) is 24.5 Å². The van der Waals surface area contributed by atoms with Crippen molar-refractivity contribution >= 4 is 5.78 Å². The summed E-state index contributed by atoms with van der Waals surface area (Å²) >= 11 is 0. The van der Waals surface area contributed by atoms with Crippen molar-refractivity contribution in [2.45, 2.75) is 25.3 Å². The molecule has 1 rings (SSSR count). The third-order valence-electron chi connectivity index (χ3n) is 2.01. The highest BCUT2D eigenvalue weighted by atomic mass is 16.5. The fourth-order valence-corrected chi connectivity index (χ4v) is 1.27. The Morgan fingerprint density at radius 2 is 2.62 bits per heavy atom. The third-order valence-corrected chi connectivity index (χ3v) is 2.01. The molecule has 72 valence electrons. The van der Waals surface area contributed by atoms with Gasteiger partial charge in [-0.1, -0.05) is 6.08 Å². The summed E-state index contributed by atoms with van der Waals surface area (Å²) in [7, 11) is 0. The van der Waals surface area contributed by atoms with Crippen LogP contribution in [0.25, 0.3) is 0 Å². The first-order chi connectivity index (χ1) is 6.25. The van der Waals surface area contributed by atoms with Gasteiger partial charge < -0.3 is 10.5 Å². The van der Waals surface area contributed by atoms with Crippen molar-refractivity contribution in [2.24, 2.45) is 5.73 Å². The fourth-order valence-electron chi connectivity index (χ4n) is 1.27. The van der Waals surface area contributed by atoms with Gasteiger partial charge >= 0.3 is 0 Å². The standard InChI is InChI=1S/C10H15NO2/c1-2-4-9(11)10(12)8-5-3-6-13-7-8/h2,7,9H,1,3-6,11H2. The Balaban J connectivity index is 2.54. The maximum Gasteiger partial charge on any atom is 0.178 e. The summed E-state index contributed by atoms with van der Waals surface area (Å²) in [6.07, 6.45) is 5.40. The van der Waals surface area contributed by atoms with Crippen LogP contribution in [0.5, 0.6) is 0 Å². The first-order valence-electron chi connectivity index (χ1n) is 4.47. The van der Waals surface area contributed by atoms with E-state index in [1.807, 2.05) is 0 Å². The van der Waals surface area contributed by atoms with E-state index in [1.165, 1.54) is 6.26 Å². The number of carbonyl (C=O) groups is 1. The van der Waals surface area contributed by atoms with E-state index in [4.69, 9.17) is 10.5 Å². The molecule has 1 aliphatic heterocycles. The minimum Gasteiger partial charge on any atom is -0.501 e. The zero-order valence-corrected chi connectivity index (χ0v) is 7.66. The smallest absolute Gasteiger partial charge is 0.178 e. The van der Waals surface area contributed by atoms with E-state index in [0.29, 0.717) is 18.6 Å². The lowest BCUT2D eigenvalue weighted by atomic mass is 9.99. The van der Waals surface area contributed by atoms with Gasteiger partial charge in [0.05, 0.1) is 18.9 Å². The minimum absolute atomic E-state index is 0.0143. The molecule has 0 radical (unpaired) electrons. The predicted molar refractivity (Wildman–Crippen MR) is 51.1 cm³/mol. The number of ketones is 1. The van der Waals surface area contributed by atoms with Crippen LogP contribution in [0.1, 0.15) is 19.3 Å². The lowest BCUT2D eigenvalue weighted by molar-refractivity contribution is -0.117. The lowest BCUT2D eigenvalue weighted by Crippen LogP contribution is -2.31. The maximum absolute atomic E-state index is 11.6. The lowest BCUT2D eigenvalue weighted by Gasteiger charge is -2.15. The average molecular weight is 181 g/mol. The van der Waals surface area contributed by atoms with Gasteiger partial charge in [0.1, 0.15) is 0 Å². The number of Topliss-reactive ketones (excluding diaryl/α,β-unsaturated/α-hetero) is 1. The third kappa shape index (κ3) is 2.70. The van der Waals surface area contributed by atoms with E-state index < -0.39 is 6.04 Å². The zero-order valence-electron chi connectivity index (χ0n) is 7.66. The van der Waals surface area contributed by atoms with Crippen molar-refractivity contribution in [1.29, 1.82) is 0 Å². The summed E-state index contributed by atoms with van der Waals surface area (Å²) in [6.45, 7) is 4.25. The van der Waals surface area contributed by atoms with Crippen molar-refractivity contribution in [3.63, 3.8) is 0 Å². The SMILES string of the molecule is C=CCC(N)C(=O)C1=COCCC1. The van der Waals surface area contributed by atoms with Crippen LogP contribution in [0.3, 0.4) is 0 Å². The van der Waals surface area contributed by atoms with E-state index >= 15 is 0 Å². The van der Waals surface area contributed by atoms with Gasteiger partial charge in [-0.05, 0) is 19.3 Å². The average Bonchev–Trinajstić information content (AvgIpc) is 2.18. The molecule has 3 nitrogen and oxygen atoms in total. The maximum atomic E-state index is 11.6. The topological polar surface area (TPSA) is 52.3 Å². The number of ether oxygens (including phenoxy) is 1. The molecule has 0 spiro atoms. The van der Waals surface area contributed by atoms with Gasteiger partial charge in [0.25, 0.3) is 0 Å². The van der Waals surface area contributed by atoms with Crippen LogP contribution in [0.2, 0.25) is 0 Å². The molecule has 0 aromatic carbocycles. The molecule has 0 amide bonds. The molecule has 0 bridgehead atoms. The van der Waals surface area contributed by atoms with Gasteiger partial charge in [0.15, 0.2) is 5.78 Å². The van der Waals surface area contributed by atoms with Crippen LogP contribution in [0.4, 0.5) is 0 Å². The number of hydrogen-bond acceptors (Lipinski definition) is 3. The molecule has 0 fully saturated rings. The first-order valence-corrected chi connectivity index (χ1v) is 4.47. The van der Waals surface area contributed by atoms with E-state index in [1.54, 1.807) is 6.08 Å². The summed E-state index contributed by atoms with van der Waals surface area (Å²) in [5, 5.41) is 0. The monoisotopic (exact) mass is 181 g/mol. The normalized spacial score (nSPS) is 18.4. The van der Waals surface area contributed by atoms with E-state index in [0.717, 1.165) is 12.8 Å². The Hall–Kier alpha value is -1.09. The van der Waals surface area contributed by atoms with Gasteiger partial charge in [0, 0.05) is 5.57 Å². The Labute approximate surface area is 78.3 Å². The summed E-state index contributed by atoms with van der Waals surface area (Å²) in [6, 6.07) is -0.453. The van der Waals surface area contributed by atoms with Gasteiger partial charge in [-0.15, -0.1) is 6.58 Å². The van der Waals surface area contributed by atoms with Crippen LogP contribution in [0.15, 0.2) is 24.5 Å². The molecule has 2 N–H and O–H groups in total. The van der Waals surface area contributed by atoms with Gasteiger partial charge in [-0.3, -0.25) is 4.79 Å². The van der Waals surface area contributed by atoms with Crippen molar-refractivity contribution in [3.8, 4) is 0 Å². The van der Waals surface area contributed by atoms with Crippen LogP contribution in [-0.2, 0) is 9.53 Å². The molecular formula is C10H15NO2. The Morgan fingerprint density at radius 3 is 3.15 bits per heavy atom. The highest BCUT2D eigenvalue weighted by Gasteiger charge is 2.18. The molecule has 0 saturated heterocycles. The summed E-state index contributed by atoms with van der Waals surface area (Å²) < 4.78 is 5.07. The Kier molecular flexibility index (Phi) is 3.71.